The summed E-state index contributed by atoms with van der Waals surface area (Å²) in [4.78, 5) is 25.4. The molecule has 0 atom stereocenters. The van der Waals surface area contributed by atoms with Gasteiger partial charge in [-0.2, -0.15) is 0 Å². The molecule has 0 fully saturated rings. The second-order valence-electron chi connectivity index (χ2n) is 5.49. The fourth-order valence-corrected chi connectivity index (χ4v) is 2.26. The Kier molecular flexibility index (Phi) is 6.37. The van der Waals surface area contributed by atoms with Gasteiger partial charge in [-0.1, -0.05) is 42.5 Å². The maximum absolute atomic E-state index is 12.1. The minimum absolute atomic E-state index is 0.0420. The maximum atomic E-state index is 12.1. The first-order valence-electron chi connectivity index (χ1n) is 7.77. The second kappa shape index (κ2) is 8.72. The minimum Gasteiger partial charge on any atom is -0.497 e. The van der Waals surface area contributed by atoms with Crippen LogP contribution in [0.2, 0.25) is 0 Å². The van der Waals surface area contributed by atoms with Crippen LogP contribution >= 0.6 is 0 Å². The molecule has 0 saturated heterocycles. The van der Waals surface area contributed by atoms with Gasteiger partial charge in [-0.15, -0.1) is 0 Å². The average Bonchev–Trinajstić information content (AvgIpc) is 2.60. The summed E-state index contributed by atoms with van der Waals surface area (Å²) in [5, 5.41) is 2.83. The summed E-state index contributed by atoms with van der Waals surface area (Å²) in [6.45, 7) is 2.35. The zero-order valence-electron chi connectivity index (χ0n) is 14.0. The summed E-state index contributed by atoms with van der Waals surface area (Å²) in [7, 11) is 1.61. The van der Waals surface area contributed by atoms with Crippen molar-refractivity contribution in [3.63, 3.8) is 0 Å². The van der Waals surface area contributed by atoms with Crippen molar-refractivity contribution < 1.29 is 14.3 Å². The van der Waals surface area contributed by atoms with E-state index in [4.69, 9.17) is 4.74 Å². The van der Waals surface area contributed by atoms with Gasteiger partial charge in [0.15, 0.2) is 0 Å². The number of ether oxygens (including phenoxy) is 1. The lowest BCUT2D eigenvalue weighted by Gasteiger charge is -2.20. The van der Waals surface area contributed by atoms with Crippen molar-refractivity contribution in [2.75, 3.05) is 13.7 Å². The molecule has 0 aliphatic heterocycles. The first-order valence-corrected chi connectivity index (χ1v) is 7.77. The quantitative estimate of drug-likeness (QED) is 0.850. The highest BCUT2D eigenvalue weighted by Gasteiger charge is 2.13. The Bertz CT molecular complexity index is 669. The molecule has 0 aromatic heterocycles. The van der Waals surface area contributed by atoms with E-state index in [1.165, 1.54) is 11.8 Å². The normalized spacial score (nSPS) is 10.1. The number of amides is 2. The molecule has 0 heterocycles. The molecule has 2 aromatic rings. The summed E-state index contributed by atoms with van der Waals surface area (Å²) < 4.78 is 5.10. The van der Waals surface area contributed by atoms with Crippen LogP contribution in [0.1, 0.15) is 18.1 Å². The van der Waals surface area contributed by atoms with Crippen LogP contribution in [0.5, 0.6) is 5.75 Å². The lowest BCUT2D eigenvalue weighted by atomic mass is 10.2. The molecule has 0 bridgehead atoms. The monoisotopic (exact) mass is 326 g/mol. The van der Waals surface area contributed by atoms with Crippen molar-refractivity contribution >= 4 is 11.8 Å². The molecule has 126 valence electrons. The van der Waals surface area contributed by atoms with Crippen molar-refractivity contribution in [1.29, 1.82) is 0 Å². The van der Waals surface area contributed by atoms with Gasteiger partial charge < -0.3 is 15.0 Å². The van der Waals surface area contributed by atoms with Crippen LogP contribution in [0, 0.1) is 0 Å². The SMILES string of the molecule is COc1ccc(CNC(=O)CN(Cc2ccccc2)C(C)=O)cc1. The molecular weight excluding hydrogens is 304 g/mol. The summed E-state index contributed by atoms with van der Waals surface area (Å²) in [6, 6.07) is 17.1. The van der Waals surface area contributed by atoms with Crippen LogP contribution < -0.4 is 10.1 Å². The average molecular weight is 326 g/mol. The predicted octanol–water partition coefficient (Wildman–Crippen LogP) is 2.36. The van der Waals surface area contributed by atoms with E-state index in [0.29, 0.717) is 13.1 Å². The summed E-state index contributed by atoms with van der Waals surface area (Å²) >= 11 is 0. The van der Waals surface area contributed by atoms with Gasteiger partial charge in [0.1, 0.15) is 5.75 Å². The molecule has 0 aliphatic carbocycles. The molecule has 2 aromatic carbocycles. The van der Waals surface area contributed by atoms with E-state index in [-0.39, 0.29) is 18.4 Å². The van der Waals surface area contributed by atoms with E-state index in [9.17, 15) is 9.59 Å². The lowest BCUT2D eigenvalue weighted by molar-refractivity contribution is -0.135. The Morgan fingerprint density at radius 1 is 1.00 bits per heavy atom. The van der Waals surface area contributed by atoms with Gasteiger partial charge in [0.25, 0.3) is 0 Å². The van der Waals surface area contributed by atoms with E-state index in [1.807, 2.05) is 54.6 Å². The number of hydrogen-bond donors (Lipinski definition) is 1. The first-order chi connectivity index (χ1) is 11.6. The molecule has 0 saturated carbocycles. The van der Waals surface area contributed by atoms with Gasteiger partial charge in [0.05, 0.1) is 13.7 Å². The number of nitrogens with zero attached hydrogens (tertiary/aromatic N) is 1. The highest BCUT2D eigenvalue weighted by atomic mass is 16.5. The Hall–Kier alpha value is -2.82. The van der Waals surface area contributed by atoms with Crippen molar-refractivity contribution in [1.82, 2.24) is 10.2 Å². The summed E-state index contributed by atoms with van der Waals surface area (Å²) in [5.74, 6) is 0.464. The van der Waals surface area contributed by atoms with Crippen LogP contribution in [-0.4, -0.2) is 30.4 Å². The molecular formula is C19H22N2O3. The first kappa shape index (κ1) is 17.5. The standard InChI is InChI=1S/C19H22N2O3/c1-15(22)21(13-17-6-4-3-5-7-17)14-19(23)20-12-16-8-10-18(24-2)11-9-16/h3-11H,12-14H2,1-2H3,(H,20,23). The predicted molar refractivity (Wildman–Crippen MR) is 92.4 cm³/mol. The molecule has 5 nitrogen and oxygen atoms in total. The van der Waals surface area contributed by atoms with E-state index >= 15 is 0 Å². The lowest BCUT2D eigenvalue weighted by Crippen LogP contribution is -2.39. The van der Waals surface area contributed by atoms with Gasteiger partial charge in [-0.05, 0) is 23.3 Å². The second-order valence-corrected chi connectivity index (χ2v) is 5.49. The zero-order valence-corrected chi connectivity index (χ0v) is 14.0. The Labute approximate surface area is 142 Å². The highest BCUT2D eigenvalue weighted by molar-refractivity contribution is 5.83. The maximum Gasteiger partial charge on any atom is 0.239 e. The highest BCUT2D eigenvalue weighted by Crippen LogP contribution is 2.11. The van der Waals surface area contributed by atoms with E-state index in [2.05, 4.69) is 5.32 Å². The molecule has 0 spiro atoms. The Morgan fingerprint density at radius 3 is 2.25 bits per heavy atom. The number of nitrogens with one attached hydrogen (secondary N) is 1. The van der Waals surface area contributed by atoms with Crippen LogP contribution in [-0.2, 0) is 22.7 Å². The largest absolute Gasteiger partial charge is 0.497 e. The molecule has 2 amide bonds. The molecule has 1 N–H and O–H groups in total. The van der Waals surface area contributed by atoms with Crippen LogP contribution in [0.15, 0.2) is 54.6 Å². The van der Waals surface area contributed by atoms with Crippen LogP contribution in [0.4, 0.5) is 0 Å². The topological polar surface area (TPSA) is 58.6 Å². The van der Waals surface area contributed by atoms with Gasteiger partial charge in [-0.25, -0.2) is 0 Å². The van der Waals surface area contributed by atoms with Gasteiger partial charge in [0, 0.05) is 20.0 Å². The van der Waals surface area contributed by atoms with Crippen LogP contribution in [0.3, 0.4) is 0 Å². The Morgan fingerprint density at radius 2 is 1.67 bits per heavy atom. The number of methoxy groups -OCH3 is 1. The fraction of sp³-hybridized carbons (Fsp3) is 0.263. The zero-order chi connectivity index (χ0) is 17.4. The smallest absolute Gasteiger partial charge is 0.239 e. The van der Waals surface area contributed by atoms with Gasteiger partial charge >= 0.3 is 0 Å². The summed E-state index contributed by atoms with van der Waals surface area (Å²) in [6.07, 6.45) is 0. The van der Waals surface area contributed by atoms with Crippen LogP contribution in [0.25, 0.3) is 0 Å². The van der Waals surface area contributed by atoms with Crippen molar-refractivity contribution in [3.05, 3.63) is 65.7 Å². The molecule has 0 unspecified atom stereocenters. The number of rotatable bonds is 7. The van der Waals surface area contributed by atoms with Gasteiger partial charge in [-0.3, -0.25) is 9.59 Å². The summed E-state index contributed by atoms with van der Waals surface area (Å²) in [5.41, 5.74) is 1.97. The van der Waals surface area contributed by atoms with E-state index in [1.54, 1.807) is 7.11 Å². The van der Waals surface area contributed by atoms with Crippen molar-refractivity contribution in [2.45, 2.75) is 20.0 Å². The number of benzene rings is 2. The van der Waals surface area contributed by atoms with E-state index < -0.39 is 0 Å². The minimum atomic E-state index is -0.183. The fourth-order valence-electron chi connectivity index (χ4n) is 2.26. The number of carbonyl (C=O) groups excluding carboxylic acids is 2. The molecule has 2 rings (SSSR count). The molecule has 24 heavy (non-hydrogen) atoms. The van der Waals surface area contributed by atoms with Crippen molar-refractivity contribution in [3.8, 4) is 5.75 Å². The third kappa shape index (κ3) is 5.43. The van der Waals surface area contributed by atoms with Crippen molar-refractivity contribution in [2.24, 2.45) is 0 Å². The molecule has 5 heteroatoms. The number of hydrogen-bond acceptors (Lipinski definition) is 3. The third-order valence-electron chi connectivity index (χ3n) is 3.64. The van der Waals surface area contributed by atoms with Gasteiger partial charge in [0.2, 0.25) is 11.8 Å². The Balaban J connectivity index is 1.87. The molecule has 0 aliphatic rings. The molecule has 0 radical (unpaired) electrons. The third-order valence-corrected chi connectivity index (χ3v) is 3.64. The number of carbonyl (C=O) groups is 2. The van der Waals surface area contributed by atoms with E-state index in [0.717, 1.165) is 16.9 Å².